The molecule has 2 rings (SSSR count). The van der Waals surface area contributed by atoms with Crippen LogP contribution in [0.25, 0.3) is 0 Å². The van der Waals surface area contributed by atoms with E-state index in [1.165, 1.54) is 17.0 Å². The van der Waals surface area contributed by atoms with E-state index in [0.29, 0.717) is 31.6 Å². The molecule has 1 aliphatic rings. The molecule has 0 aromatic heterocycles. The Hall–Kier alpha value is -1.76. The fourth-order valence-electron chi connectivity index (χ4n) is 2.03. The van der Waals surface area contributed by atoms with Gasteiger partial charge < -0.3 is 15.4 Å². The summed E-state index contributed by atoms with van der Waals surface area (Å²) in [5, 5.41) is 0. The average molecular weight is 288 g/mol. The largest absolute Gasteiger partial charge is 0.439 e. The van der Waals surface area contributed by atoms with Gasteiger partial charge in [-0.25, -0.2) is 4.79 Å². The van der Waals surface area contributed by atoms with Crippen LogP contribution >= 0.6 is 0 Å². The fraction of sp³-hybridized carbons (Fsp3) is 0.462. The van der Waals surface area contributed by atoms with Crippen LogP contribution in [0.15, 0.2) is 24.3 Å². The average Bonchev–Trinajstić information content (AvgIpc) is 2.77. The maximum atomic E-state index is 12.5. The summed E-state index contributed by atoms with van der Waals surface area (Å²) < 4.78 is 42.5. The first-order chi connectivity index (χ1) is 9.41. The van der Waals surface area contributed by atoms with E-state index in [1.54, 1.807) is 0 Å². The minimum atomic E-state index is -4.36. The lowest BCUT2D eigenvalue weighted by Gasteiger charge is -2.12. The first kappa shape index (κ1) is 14.6. The van der Waals surface area contributed by atoms with E-state index < -0.39 is 23.9 Å². The molecular formula is C13H15F3N2O2. The van der Waals surface area contributed by atoms with E-state index in [4.69, 9.17) is 10.5 Å². The summed E-state index contributed by atoms with van der Waals surface area (Å²) in [6.07, 6.45) is -4.68. The van der Waals surface area contributed by atoms with Crippen LogP contribution < -0.4 is 5.73 Å². The maximum Gasteiger partial charge on any atom is 0.416 e. The lowest BCUT2D eigenvalue weighted by Crippen LogP contribution is -2.27. The second kappa shape index (κ2) is 5.70. The number of carbonyl (C=O) groups is 1. The predicted octanol–water partition coefficient (Wildman–Crippen LogP) is 2.55. The van der Waals surface area contributed by atoms with Crippen molar-refractivity contribution >= 4 is 6.09 Å². The highest BCUT2D eigenvalue weighted by Crippen LogP contribution is 2.32. The molecule has 4 nitrogen and oxygen atoms in total. The molecule has 0 spiro atoms. The third-order valence-electron chi connectivity index (χ3n) is 3.13. The highest BCUT2D eigenvalue weighted by molar-refractivity contribution is 5.70. The number of nitrogens with two attached hydrogens (primary N) is 1. The van der Waals surface area contributed by atoms with Crippen LogP contribution in [0.1, 0.15) is 23.7 Å². The zero-order chi connectivity index (χ0) is 14.8. The highest BCUT2D eigenvalue weighted by atomic mass is 19.4. The van der Waals surface area contributed by atoms with E-state index in [-0.39, 0.29) is 0 Å². The van der Waals surface area contributed by atoms with Crippen molar-refractivity contribution in [3.8, 4) is 0 Å². The maximum absolute atomic E-state index is 12.5. The summed E-state index contributed by atoms with van der Waals surface area (Å²) in [5.74, 6) is 0. The Morgan fingerprint density at radius 2 is 1.95 bits per heavy atom. The summed E-state index contributed by atoms with van der Waals surface area (Å²) in [6, 6.07) is 4.66. The van der Waals surface area contributed by atoms with Gasteiger partial charge in [-0.15, -0.1) is 0 Å². The highest BCUT2D eigenvalue weighted by Gasteiger charge is 2.33. The van der Waals surface area contributed by atoms with Gasteiger partial charge in [-0.3, -0.25) is 0 Å². The standard InChI is InChI=1S/C13H15F3N2O2/c14-13(15,16)10-4-2-9(3-5-10)11-8-18(7-1-6-17)12(19)20-11/h2-5,11H,1,6-8,17H2. The van der Waals surface area contributed by atoms with Gasteiger partial charge in [0.15, 0.2) is 0 Å². The topological polar surface area (TPSA) is 55.6 Å². The van der Waals surface area contributed by atoms with Crippen LogP contribution in [0.4, 0.5) is 18.0 Å². The van der Waals surface area contributed by atoms with Crippen molar-refractivity contribution in [2.75, 3.05) is 19.6 Å². The van der Waals surface area contributed by atoms with E-state index in [9.17, 15) is 18.0 Å². The molecule has 0 aliphatic carbocycles. The molecule has 1 heterocycles. The molecule has 0 saturated carbocycles. The number of hydrogen-bond acceptors (Lipinski definition) is 3. The lowest BCUT2D eigenvalue weighted by atomic mass is 10.1. The van der Waals surface area contributed by atoms with Crippen molar-refractivity contribution in [2.45, 2.75) is 18.7 Å². The number of rotatable bonds is 4. The molecule has 1 aromatic carbocycles. The Morgan fingerprint density at radius 3 is 2.50 bits per heavy atom. The summed E-state index contributed by atoms with van der Waals surface area (Å²) in [5.41, 5.74) is 5.21. The Bertz CT molecular complexity index is 473. The first-order valence-corrected chi connectivity index (χ1v) is 6.24. The van der Waals surface area contributed by atoms with E-state index in [0.717, 1.165) is 12.1 Å². The Labute approximate surface area is 114 Å². The smallest absolute Gasteiger partial charge is 0.416 e. The second-order valence-corrected chi connectivity index (χ2v) is 4.58. The van der Waals surface area contributed by atoms with Crippen LogP contribution in [0.2, 0.25) is 0 Å². The molecule has 0 radical (unpaired) electrons. The quantitative estimate of drug-likeness (QED) is 0.926. The monoisotopic (exact) mass is 288 g/mol. The Morgan fingerprint density at radius 1 is 1.30 bits per heavy atom. The Balaban J connectivity index is 2.04. The van der Waals surface area contributed by atoms with Gasteiger partial charge in [0.25, 0.3) is 0 Å². The van der Waals surface area contributed by atoms with Crippen LogP contribution in [-0.2, 0) is 10.9 Å². The summed E-state index contributed by atoms with van der Waals surface area (Å²) in [7, 11) is 0. The third kappa shape index (κ3) is 3.22. The van der Waals surface area contributed by atoms with Crippen LogP contribution in [0, 0.1) is 0 Å². The number of alkyl halides is 3. The number of benzene rings is 1. The molecular weight excluding hydrogens is 273 g/mol. The van der Waals surface area contributed by atoms with Crippen molar-refractivity contribution in [3.63, 3.8) is 0 Å². The van der Waals surface area contributed by atoms with Crippen LogP contribution in [0.5, 0.6) is 0 Å². The van der Waals surface area contributed by atoms with Gasteiger partial charge in [0, 0.05) is 6.54 Å². The van der Waals surface area contributed by atoms with Gasteiger partial charge >= 0.3 is 12.3 Å². The molecule has 7 heteroatoms. The molecule has 1 saturated heterocycles. The fourth-order valence-corrected chi connectivity index (χ4v) is 2.03. The number of cyclic esters (lactones) is 1. The van der Waals surface area contributed by atoms with Gasteiger partial charge in [-0.1, -0.05) is 12.1 Å². The van der Waals surface area contributed by atoms with Gasteiger partial charge in [0.2, 0.25) is 0 Å². The van der Waals surface area contributed by atoms with E-state index in [1.807, 2.05) is 0 Å². The summed E-state index contributed by atoms with van der Waals surface area (Å²) >= 11 is 0. The number of hydrogen-bond donors (Lipinski definition) is 1. The first-order valence-electron chi connectivity index (χ1n) is 6.24. The van der Waals surface area contributed by atoms with E-state index >= 15 is 0 Å². The minimum absolute atomic E-state index is 0.337. The Kier molecular flexibility index (Phi) is 4.17. The number of ether oxygens (including phenoxy) is 1. The van der Waals surface area contributed by atoms with Crippen molar-refractivity contribution in [3.05, 3.63) is 35.4 Å². The normalized spacial score (nSPS) is 19.3. The van der Waals surface area contributed by atoms with Gasteiger partial charge in [-0.2, -0.15) is 13.2 Å². The SMILES string of the molecule is NCCCN1CC(c2ccc(C(F)(F)F)cc2)OC1=O. The van der Waals surface area contributed by atoms with Crippen LogP contribution in [0.3, 0.4) is 0 Å². The van der Waals surface area contributed by atoms with E-state index in [2.05, 4.69) is 0 Å². The molecule has 20 heavy (non-hydrogen) atoms. The molecule has 110 valence electrons. The number of amides is 1. The van der Waals surface area contributed by atoms with Crippen molar-refractivity contribution in [1.29, 1.82) is 0 Å². The third-order valence-corrected chi connectivity index (χ3v) is 3.13. The molecule has 1 amide bonds. The number of nitrogens with zero attached hydrogens (tertiary/aromatic N) is 1. The predicted molar refractivity (Wildman–Crippen MR) is 65.9 cm³/mol. The number of halogens is 3. The molecule has 1 fully saturated rings. The zero-order valence-corrected chi connectivity index (χ0v) is 10.7. The summed E-state index contributed by atoms with van der Waals surface area (Å²) in [6.45, 7) is 1.30. The molecule has 0 bridgehead atoms. The molecule has 1 unspecified atom stereocenters. The lowest BCUT2D eigenvalue weighted by molar-refractivity contribution is -0.137. The molecule has 2 N–H and O–H groups in total. The molecule has 1 aliphatic heterocycles. The van der Waals surface area contributed by atoms with Gasteiger partial charge in [0.05, 0.1) is 12.1 Å². The zero-order valence-electron chi connectivity index (χ0n) is 10.7. The van der Waals surface area contributed by atoms with Gasteiger partial charge in [-0.05, 0) is 30.7 Å². The van der Waals surface area contributed by atoms with Gasteiger partial charge in [0.1, 0.15) is 6.10 Å². The second-order valence-electron chi connectivity index (χ2n) is 4.58. The summed E-state index contributed by atoms with van der Waals surface area (Å²) in [4.78, 5) is 13.1. The van der Waals surface area contributed by atoms with Crippen molar-refractivity contribution in [1.82, 2.24) is 4.90 Å². The molecule has 1 atom stereocenters. The van der Waals surface area contributed by atoms with Crippen LogP contribution in [-0.4, -0.2) is 30.6 Å². The molecule has 1 aromatic rings. The van der Waals surface area contributed by atoms with Crippen molar-refractivity contribution < 1.29 is 22.7 Å². The minimum Gasteiger partial charge on any atom is -0.439 e. The number of carbonyl (C=O) groups excluding carboxylic acids is 1. The van der Waals surface area contributed by atoms with Crippen molar-refractivity contribution in [2.24, 2.45) is 5.73 Å².